The van der Waals surface area contributed by atoms with E-state index in [-0.39, 0.29) is 18.4 Å². The predicted octanol–water partition coefficient (Wildman–Crippen LogP) is 2.63. The van der Waals surface area contributed by atoms with E-state index in [1.165, 1.54) is 7.11 Å². The average molecular weight is 449 g/mol. The fourth-order valence-corrected chi connectivity index (χ4v) is 3.53. The summed E-state index contributed by atoms with van der Waals surface area (Å²) in [6.45, 7) is 0.938. The summed E-state index contributed by atoms with van der Waals surface area (Å²) in [5.74, 6) is 0.699. The number of pyridine rings is 1. The molecule has 0 aliphatic rings. The number of anilines is 3. The van der Waals surface area contributed by atoms with Crippen molar-refractivity contribution < 1.29 is 24.0 Å². The Bertz CT molecular complexity index is 1120. The number of methoxy groups -OCH3 is 2. The van der Waals surface area contributed by atoms with Crippen molar-refractivity contribution in [3.8, 4) is 17.1 Å². The molecule has 166 valence electrons. The number of nitrogens with one attached hydrogen (secondary N) is 3. The van der Waals surface area contributed by atoms with Crippen LogP contribution in [0, 0.1) is 0 Å². The van der Waals surface area contributed by atoms with Crippen LogP contribution in [0.5, 0.6) is 5.88 Å². The molecule has 0 unspecified atom stereocenters. The third kappa shape index (κ3) is 6.95. The number of hydrogen-bond acceptors (Lipinski definition) is 8. The molecule has 10 nitrogen and oxygen atoms in total. The smallest absolute Gasteiger partial charge is 0.234 e. The van der Waals surface area contributed by atoms with Crippen molar-refractivity contribution >= 4 is 27.2 Å². The average Bonchev–Trinajstić information content (AvgIpc) is 3.13. The number of H-pyrrole nitrogens is 1. The summed E-state index contributed by atoms with van der Waals surface area (Å²) in [7, 11) is -0.453. The third-order valence-electron chi connectivity index (χ3n) is 4.05. The van der Waals surface area contributed by atoms with Crippen LogP contribution in [-0.4, -0.2) is 63.4 Å². The van der Waals surface area contributed by atoms with Gasteiger partial charge in [0.1, 0.15) is 12.4 Å². The van der Waals surface area contributed by atoms with Crippen molar-refractivity contribution in [1.82, 2.24) is 15.2 Å². The normalized spacial score (nSPS) is 11.7. The van der Waals surface area contributed by atoms with Crippen LogP contribution in [-0.2, 0) is 19.5 Å². The van der Waals surface area contributed by atoms with Crippen LogP contribution in [0.4, 0.5) is 17.2 Å². The SMILES string of the molecule is [2H]c1c(-c2ccc(NS(=O)(=O)CCOC)cc2)n[nH]c1Nc1ccnc(OCCOC)c1. The van der Waals surface area contributed by atoms with Crippen molar-refractivity contribution in [2.75, 3.05) is 49.8 Å². The summed E-state index contributed by atoms with van der Waals surface area (Å²) in [6.07, 6.45) is 1.60. The summed E-state index contributed by atoms with van der Waals surface area (Å²) in [5, 5.41) is 10.1. The van der Waals surface area contributed by atoms with Crippen molar-refractivity contribution in [3.05, 3.63) is 48.6 Å². The highest BCUT2D eigenvalue weighted by Gasteiger charge is 2.11. The number of rotatable bonds is 12. The van der Waals surface area contributed by atoms with Gasteiger partial charge in [0, 0.05) is 49.5 Å². The van der Waals surface area contributed by atoms with Gasteiger partial charge in [-0.2, -0.15) is 5.10 Å². The van der Waals surface area contributed by atoms with Gasteiger partial charge in [-0.25, -0.2) is 13.4 Å². The summed E-state index contributed by atoms with van der Waals surface area (Å²) >= 11 is 0. The molecule has 2 aromatic heterocycles. The lowest BCUT2D eigenvalue weighted by Gasteiger charge is -2.08. The maximum Gasteiger partial charge on any atom is 0.234 e. The van der Waals surface area contributed by atoms with Crippen LogP contribution in [0.1, 0.15) is 1.37 Å². The lowest BCUT2D eigenvalue weighted by atomic mass is 10.1. The molecule has 0 fully saturated rings. The van der Waals surface area contributed by atoms with Crippen LogP contribution in [0.2, 0.25) is 0 Å². The van der Waals surface area contributed by atoms with Gasteiger partial charge in [0.2, 0.25) is 15.9 Å². The molecule has 3 rings (SSSR count). The Morgan fingerprint density at radius 1 is 1.06 bits per heavy atom. The zero-order chi connectivity index (χ0) is 23.0. The summed E-state index contributed by atoms with van der Waals surface area (Å²) in [5.41, 5.74) is 2.18. The molecular formula is C20H25N5O5S. The topological polar surface area (TPSA) is 127 Å². The molecule has 2 heterocycles. The lowest BCUT2D eigenvalue weighted by Crippen LogP contribution is -2.19. The number of aromatic amines is 1. The zero-order valence-electron chi connectivity index (χ0n) is 18.2. The molecule has 0 saturated carbocycles. The highest BCUT2D eigenvalue weighted by atomic mass is 32.2. The molecule has 31 heavy (non-hydrogen) atoms. The van der Waals surface area contributed by atoms with Crippen molar-refractivity contribution in [2.45, 2.75) is 0 Å². The molecular weight excluding hydrogens is 422 g/mol. The van der Waals surface area contributed by atoms with Crippen molar-refractivity contribution in [2.24, 2.45) is 0 Å². The van der Waals surface area contributed by atoms with Crippen LogP contribution in [0.3, 0.4) is 0 Å². The van der Waals surface area contributed by atoms with Gasteiger partial charge < -0.3 is 19.5 Å². The Labute approximate surface area is 182 Å². The Balaban J connectivity index is 1.69. The molecule has 11 heteroatoms. The molecule has 0 radical (unpaired) electrons. The molecule has 0 aliphatic carbocycles. The van der Waals surface area contributed by atoms with E-state index in [0.717, 1.165) is 0 Å². The van der Waals surface area contributed by atoms with Gasteiger partial charge in [-0.3, -0.25) is 9.82 Å². The highest BCUT2D eigenvalue weighted by molar-refractivity contribution is 7.92. The molecule has 1 aromatic carbocycles. The van der Waals surface area contributed by atoms with E-state index in [2.05, 4.69) is 25.2 Å². The minimum atomic E-state index is -3.49. The monoisotopic (exact) mass is 448 g/mol. The largest absolute Gasteiger partial charge is 0.475 e. The van der Waals surface area contributed by atoms with Gasteiger partial charge in [0.25, 0.3) is 0 Å². The first-order valence-corrected chi connectivity index (χ1v) is 11.1. The predicted molar refractivity (Wildman–Crippen MR) is 118 cm³/mol. The molecule has 0 amide bonds. The van der Waals surface area contributed by atoms with E-state index in [0.29, 0.717) is 47.5 Å². The van der Waals surface area contributed by atoms with Gasteiger partial charge in [0.05, 0.1) is 26.0 Å². The molecule has 0 bridgehead atoms. The quantitative estimate of drug-likeness (QED) is 0.361. The molecule has 0 aliphatic heterocycles. The van der Waals surface area contributed by atoms with E-state index in [1.807, 2.05) is 0 Å². The Morgan fingerprint density at radius 3 is 2.58 bits per heavy atom. The van der Waals surface area contributed by atoms with Gasteiger partial charge in [-0.1, -0.05) is 12.1 Å². The number of ether oxygens (including phenoxy) is 3. The minimum Gasteiger partial charge on any atom is -0.475 e. The Hall–Kier alpha value is -3.15. The number of nitrogens with zero attached hydrogens (tertiary/aromatic N) is 2. The molecule has 0 saturated heterocycles. The van der Waals surface area contributed by atoms with Crippen LogP contribution in [0.15, 0.2) is 48.6 Å². The van der Waals surface area contributed by atoms with Gasteiger partial charge in [0.15, 0.2) is 0 Å². The van der Waals surface area contributed by atoms with Crippen molar-refractivity contribution in [3.63, 3.8) is 0 Å². The number of aromatic nitrogens is 3. The number of sulfonamides is 1. The van der Waals surface area contributed by atoms with Crippen LogP contribution < -0.4 is 14.8 Å². The standard InChI is InChI=1S/C20H25N5O5S/c1-28-9-10-30-20-13-17(7-8-21-20)22-19-14-18(23-24-19)15-3-5-16(6-4-15)25-31(26,27)12-11-29-2/h3-8,13-14,25H,9-12H2,1-2H3,(H2,21,22,23,24)/i14D. The second-order valence-electron chi connectivity index (χ2n) is 6.41. The second kappa shape index (κ2) is 10.8. The first-order chi connectivity index (χ1) is 15.4. The minimum absolute atomic E-state index is 0.108. The zero-order valence-corrected chi connectivity index (χ0v) is 18.0. The third-order valence-corrected chi connectivity index (χ3v) is 5.30. The molecule has 3 aromatic rings. The number of benzene rings is 1. The maximum absolute atomic E-state index is 12.0. The second-order valence-corrected chi connectivity index (χ2v) is 8.25. The fourth-order valence-electron chi connectivity index (χ4n) is 2.54. The first kappa shape index (κ1) is 21.1. The summed E-state index contributed by atoms with van der Waals surface area (Å²) < 4.78 is 50.1. The van der Waals surface area contributed by atoms with E-state index in [4.69, 9.17) is 15.6 Å². The lowest BCUT2D eigenvalue weighted by molar-refractivity contribution is 0.144. The van der Waals surface area contributed by atoms with Gasteiger partial charge in [-0.15, -0.1) is 0 Å². The maximum atomic E-state index is 12.0. The highest BCUT2D eigenvalue weighted by Crippen LogP contribution is 2.24. The van der Waals surface area contributed by atoms with E-state index >= 15 is 0 Å². The van der Waals surface area contributed by atoms with E-state index < -0.39 is 10.0 Å². The summed E-state index contributed by atoms with van der Waals surface area (Å²) in [4.78, 5) is 4.13. The van der Waals surface area contributed by atoms with Gasteiger partial charge >= 0.3 is 0 Å². The van der Waals surface area contributed by atoms with Gasteiger partial charge in [-0.05, 0) is 18.2 Å². The molecule has 3 N–H and O–H groups in total. The Kier molecular flexibility index (Phi) is 7.32. The molecule has 0 spiro atoms. The first-order valence-electron chi connectivity index (χ1n) is 9.91. The summed E-state index contributed by atoms with van der Waals surface area (Å²) in [6, 6.07) is 10.2. The Morgan fingerprint density at radius 2 is 1.84 bits per heavy atom. The van der Waals surface area contributed by atoms with Crippen LogP contribution >= 0.6 is 0 Å². The van der Waals surface area contributed by atoms with Crippen molar-refractivity contribution in [1.29, 1.82) is 0 Å². The molecule has 0 atom stereocenters. The van der Waals surface area contributed by atoms with E-state index in [1.54, 1.807) is 49.7 Å². The fraction of sp³-hybridized carbons (Fsp3) is 0.300. The van der Waals surface area contributed by atoms with Crippen LogP contribution in [0.25, 0.3) is 11.3 Å². The number of hydrogen-bond donors (Lipinski definition) is 3. The van der Waals surface area contributed by atoms with E-state index in [9.17, 15) is 8.42 Å².